The van der Waals surface area contributed by atoms with Gasteiger partial charge in [0.05, 0.1) is 0 Å². The van der Waals surface area contributed by atoms with Crippen LogP contribution in [0, 0.1) is 5.92 Å². The highest BCUT2D eigenvalue weighted by atomic mass is 35.5. The second-order valence-electron chi connectivity index (χ2n) is 5.40. The highest BCUT2D eigenvalue weighted by Gasteiger charge is 2.24. The van der Waals surface area contributed by atoms with E-state index in [0.29, 0.717) is 23.0 Å². The van der Waals surface area contributed by atoms with Crippen LogP contribution < -0.4 is 11.1 Å². The molecule has 118 valence electrons. The van der Waals surface area contributed by atoms with Crippen molar-refractivity contribution < 1.29 is 4.79 Å². The van der Waals surface area contributed by atoms with Gasteiger partial charge in [-0.05, 0) is 43.4 Å². The minimum absolute atomic E-state index is 0. The van der Waals surface area contributed by atoms with Crippen LogP contribution >= 0.6 is 35.6 Å². The lowest BCUT2D eigenvalue weighted by molar-refractivity contribution is -0.126. The number of hydrogen-bond donors (Lipinski definition) is 2. The van der Waals surface area contributed by atoms with Crippen LogP contribution in [0.1, 0.15) is 31.2 Å². The molecule has 0 radical (unpaired) electrons. The molecular formula is C15H21Cl3N2O. The summed E-state index contributed by atoms with van der Waals surface area (Å²) in [5.74, 6) is 0.185. The van der Waals surface area contributed by atoms with Crippen LogP contribution in [0.5, 0.6) is 0 Å². The summed E-state index contributed by atoms with van der Waals surface area (Å²) in [6.07, 6.45) is 4.53. The predicted molar refractivity (Wildman–Crippen MR) is 90.4 cm³/mol. The zero-order valence-corrected chi connectivity index (χ0v) is 14.1. The van der Waals surface area contributed by atoms with E-state index in [1.165, 1.54) is 0 Å². The van der Waals surface area contributed by atoms with Crippen molar-refractivity contribution in [2.45, 2.75) is 38.1 Å². The quantitative estimate of drug-likeness (QED) is 0.871. The van der Waals surface area contributed by atoms with Crippen LogP contribution in [0.4, 0.5) is 0 Å². The van der Waals surface area contributed by atoms with Crippen molar-refractivity contribution in [2.24, 2.45) is 11.7 Å². The van der Waals surface area contributed by atoms with Gasteiger partial charge in [0.15, 0.2) is 0 Å². The SMILES string of the molecule is Cl.NC1CCCC(C(=O)NCCc2ccc(Cl)cc2Cl)C1. The summed E-state index contributed by atoms with van der Waals surface area (Å²) in [6.45, 7) is 0.589. The molecule has 3 N–H and O–H groups in total. The molecule has 1 aromatic carbocycles. The molecule has 0 aliphatic heterocycles. The molecule has 2 rings (SSSR count). The van der Waals surface area contributed by atoms with Crippen molar-refractivity contribution >= 4 is 41.5 Å². The molecule has 2 unspecified atom stereocenters. The molecule has 0 saturated heterocycles. The Kier molecular flexibility index (Phi) is 7.82. The van der Waals surface area contributed by atoms with Crippen molar-refractivity contribution in [2.75, 3.05) is 6.54 Å². The van der Waals surface area contributed by atoms with Gasteiger partial charge in [-0.2, -0.15) is 0 Å². The maximum atomic E-state index is 12.1. The largest absolute Gasteiger partial charge is 0.356 e. The van der Waals surface area contributed by atoms with Gasteiger partial charge in [0.25, 0.3) is 0 Å². The maximum absolute atomic E-state index is 12.1. The topological polar surface area (TPSA) is 55.1 Å². The molecule has 0 spiro atoms. The highest BCUT2D eigenvalue weighted by Crippen LogP contribution is 2.23. The molecule has 3 nitrogen and oxygen atoms in total. The second kappa shape index (κ2) is 8.84. The van der Waals surface area contributed by atoms with E-state index in [2.05, 4.69) is 5.32 Å². The zero-order valence-electron chi connectivity index (χ0n) is 11.8. The van der Waals surface area contributed by atoms with Gasteiger partial charge in [-0.1, -0.05) is 35.7 Å². The number of nitrogens with two attached hydrogens (primary N) is 1. The molecule has 6 heteroatoms. The molecule has 21 heavy (non-hydrogen) atoms. The lowest BCUT2D eigenvalue weighted by Gasteiger charge is -2.25. The molecule has 1 aliphatic carbocycles. The average Bonchev–Trinajstić information content (AvgIpc) is 2.41. The molecule has 1 fully saturated rings. The molecule has 1 amide bonds. The number of halogens is 3. The fraction of sp³-hybridized carbons (Fsp3) is 0.533. The monoisotopic (exact) mass is 350 g/mol. The summed E-state index contributed by atoms with van der Waals surface area (Å²) in [4.78, 5) is 12.1. The van der Waals surface area contributed by atoms with Gasteiger partial charge in [0, 0.05) is 28.5 Å². The van der Waals surface area contributed by atoms with Gasteiger partial charge < -0.3 is 11.1 Å². The van der Waals surface area contributed by atoms with Crippen LogP contribution in [-0.4, -0.2) is 18.5 Å². The van der Waals surface area contributed by atoms with Gasteiger partial charge in [-0.25, -0.2) is 0 Å². The smallest absolute Gasteiger partial charge is 0.223 e. The number of benzene rings is 1. The van der Waals surface area contributed by atoms with E-state index in [1.807, 2.05) is 12.1 Å². The van der Waals surface area contributed by atoms with E-state index in [1.54, 1.807) is 6.07 Å². The van der Waals surface area contributed by atoms with Crippen molar-refractivity contribution in [3.63, 3.8) is 0 Å². The summed E-state index contributed by atoms with van der Waals surface area (Å²) in [7, 11) is 0. The fourth-order valence-corrected chi connectivity index (χ4v) is 3.16. The Labute approximate surface area is 142 Å². The number of amides is 1. The van der Waals surface area contributed by atoms with E-state index >= 15 is 0 Å². The fourth-order valence-electron chi connectivity index (χ4n) is 2.65. The second-order valence-corrected chi connectivity index (χ2v) is 6.24. The van der Waals surface area contributed by atoms with E-state index in [9.17, 15) is 4.79 Å². The molecule has 0 aromatic heterocycles. The first-order valence-electron chi connectivity index (χ1n) is 7.03. The third-order valence-electron chi connectivity index (χ3n) is 3.79. The Morgan fingerprint density at radius 3 is 2.76 bits per heavy atom. The van der Waals surface area contributed by atoms with E-state index in [4.69, 9.17) is 28.9 Å². The van der Waals surface area contributed by atoms with Gasteiger partial charge in [0.2, 0.25) is 5.91 Å². The Balaban J connectivity index is 0.00000220. The minimum atomic E-state index is 0. The van der Waals surface area contributed by atoms with Gasteiger partial charge >= 0.3 is 0 Å². The van der Waals surface area contributed by atoms with E-state index in [-0.39, 0.29) is 30.3 Å². The van der Waals surface area contributed by atoms with Crippen LogP contribution in [-0.2, 0) is 11.2 Å². The average molecular weight is 352 g/mol. The van der Waals surface area contributed by atoms with Crippen LogP contribution in [0.2, 0.25) is 10.0 Å². The van der Waals surface area contributed by atoms with Crippen LogP contribution in [0.25, 0.3) is 0 Å². The maximum Gasteiger partial charge on any atom is 0.223 e. The van der Waals surface area contributed by atoms with E-state index < -0.39 is 0 Å². The van der Waals surface area contributed by atoms with Crippen LogP contribution in [0.3, 0.4) is 0 Å². The minimum Gasteiger partial charge on any atom is -0.356 e. The first-order chi connectivity index (χ1) is 9.56. The Hall–Kier alpha value is -0.480. The summed E-state index contributed by atoms with van der Waals surface area (Å²) in [5, 5.41) is 4.25. The molecule has 0 heterocycles. The molecule has 2 atom stereocenters. The standard InChI is InChI=1S/C15H20Cl2N2O.ClH/c16-12-5-4-10(14(17)9-12)6-7-19-15(20)11-2-1-3-13(18)8-11;/h4-5,9,11,13H,1-3,6-8,18H2,(H,19,20);1H. The molecule has 1 saturated carbocycles. The lowest BCUT2D eigenvalue weighted by Crippen LogP contribution is -2.38. The third-order valence-corrected chi connectivity index (χ3v) is 4.38. The Morgan fingerprint density at radius 1 is 1.33 bits per heavy atom. The van der Waals surface area contributed by atoms with Gasteiger partial charge in [0.1, 0.15) is 0 Å². The molecule has 1 aromatic rings. The van der Waals surface area contributed by atoms with Crippen LogP contribution in [0.15, 0.2) is 18.2 Å². The number of carbonyl (C=O) groups excluding carboxylic acids is 1. The van der Waals surface area contributed by atoms with Crippen molar-refractivity contribution in [1.82, 2.24) is 5.32 Å². The van der Waals surface area contributed by atoms with E-state index in [0.717, 1.165) is 31.2 Å². The summed E-state index contributed by atoms with van der Waals surface area (Å²) in [5.41, 5.74) is 6.90. The number of rotatable bonds is 4. The zero-order chi connectivity index (χ0) is 14.5. The van der Waals surface area contributed by atoms with Crippen molar-refractivity contribution in [3.8, 4) is 0 Å². The summed E-state index contributed by atoms with van der Waals surface area (Å²) >= 11 is 11.9. The number of nitrogens with one attached hydrogen (secondary N) is 1. The molecule has 1 aliphatic rings. The number of carbonyl (C=O) groups is 1. The normalized spacial score (nSPS) is 21.5. The lowest BCUT2D eigenvalue weighted by atomic mass is 9.85. The predicted octanol–water partition coefficient (Wildman–Crippen LogP) is 3.59. The highest BCUT2D eigenvalue weighted by molar-refractivity contribution is 6.35. The van der Waals surface area contributed by atoms with Gasteiger partial charge in [-0.3, -0.25) is 4.79 Å². The summed E-state index contributed by atoms with van der Waals surface area (Å²) in [6, 6.07) is 5.60. The first-order valence-corrected chi connectivity index (χ1v) is 7.79. The van der Waals surface area contributed by atoms with Crippen molar-refractivity contribution in [3.05, 3.63) is 33.8 Å². The first kappa shape index (κ1) is 18.6. The third kappa shape index (κ3) is 5.67. The molecule has 0 bridgehead atoms. The summed E-state index contributed by atoms with van der Waals surface area (Å²) < 4.78 is 0. The van der Waals surface area contributed by atoms with Crippen molar-refractivity contribution in [1.29, 1.82) is 0 Å². The van der Waals surface area contributed by atoms with Gasteiger partial charge in [-0.15, -0.1) is 12.4 Å². The molecular weight excluding hydrogens is 331 g/mol. The Bertz CT molecular complexity index is 482. The number of hydrogen-bond acceptors (Lipinski definition) is 2. The Morgan fingerprint density at radius 2 is 2.10 bits per heavy atom.